The quantitative estimate of drug-likeness (QED) is 0.401. The molecule has 2 N–H and O–H groups in total. The average molecular weight is 377 g/mol. The van der Waals surface area contributed by atoms with Crippen molar-refractivity contribution in [3.63, 3.8) is 0 Å². The van der Waals surface area contributed by atoms with Gasteiger partial charge in [-0.1, -0.05) is 66.2 Å². The van der Waals surface area contributed by atoms with Gasteiger partial charge in [-0.15, -0.1) is 0 Å². The summed E-state index contributed by atoms with van der Waals surface area (Å²) in [5.41, 5.74) is 2.02. The van der Waals surface area contributed by atoms with Crippen LogP contribution in [-0.4, -0.2) is 22.2 Å². The molecule has 0 amide bonds. The Kier molecular flexibility index (Phi) is 10.1. The molecule has 4 nitrogen and oxygen atoms in total. The molecule has 0 saturated heterocycles. The van der Waals surface area contributed by atoms with Crippen molar-refractivity contribution in [2.24, 2.45) is 11.8 Å². The molecule has 1 aromatic rings. The lowest BCUT2D eigenvalue weighted by Crippen LogP contribution is -2.15. The number of carboxylic acid groups (broad SMARTS) is 2. The highest BCUT2D eigenvalue weighted by atomic mass is 16.4. The maximum Gasteiger partial charge on any atom is 0.335 e. The zero-order valence-corrected chi connectivity index (χ0v) is 17.4. The Morgan fingerprint density at radius 2 is 1.48 bits per heavy atom. The van der Waals surface area contributed by atoms with Crippen LogP contribution in [0.3, 0.4) is 0 Å². The fourth-order valence-corrected chi connectivity index (χ4v) is 3.70. The lowest BCUT2D eigenvalue weighted by molar-refractivity contribution is 0.0678. The van der Waals surface area contributed by atoms with E-state index in [1.54, 1.807) is 0 Å². The molecular formula is C23H36O4. The van der Waals surface area contributed by atoms with Crippen molar-refractivity contribution in [1.82, 2.24) is 0 Å². The summed E-state index contributed by atoms with van der Waals surface area (Å²) < 4.78 is 0. The Morgan fingerprint density at radius 1 is 0.889 bits per heavy atom. The number of rotatable bonds is 13. The van der Waals surface area contributed by atoms with E-state index in [0.717, 1.165) is 56.1 Å². The summed E-state index contributed by atoms with van der Waals surface area (Å²) in [6.07, 6.45) is 8.56. The van der Waals surface area contributed by atoms with Crippen LogP contribution in [-0.2, 0) is 12.8 Å². The van der Waals surface area contributed by atoms with E-state index in [0.29, 0.717) is 24.7 Å². The van der Waals surface area contributed by atoms with E-state index < -0.39 is 11.9 Å². The summed E-state index contributed by atoms with van der Waals surface area (Å²) in [5.74, 6) is -0.918. The molecule has 1 aromatic carbocycles. The molecule has 0 aromatic heterocycles. The van der Waals surface area contributed by atoms with Crippen LogP contribution in [0.5, 0.6) is 0 Å². The predicted octanol–water partition coefficient (Wildman–Crippen LogP) is 6.21. The van der Waals surface area contributed by atoms with Gasteiger partial charge in [0.2, 0.25) is 0 Å². The molecule has 4 heteroatoms. The standard InChI is InChI=1S/C23H36O4/c1-5-7-11-17(6-2)15-21-18(12-9-8-10-16(3)4)19(22(24)25)13-14-20(21)23(26)27/h13-14,16-17H,5-12,15H2,1-4H3,(H,24,25)(H,26,27). The van der Waals surface area contributed by atoms with Crippen LogP contribution in [0.1, 0.15) is 104 Å². The highest BCUT2D eigenvalue weighted by Gasteiger charge is 2.22. The molecule has 0 aliphatic carbocycles. The van der Waals surface area contributed by atoms with Crippen LogP contribution < -0.4 is 0 Å². The lowest BCUT2D eigenvalue weighted by Gasteiger charge is -2.21. The minimum absolute atomic E-state index is 0.268. The second-order valence-electron chi connectivity index (χ2n) is 7.99. The fraction of sp³-hybridized carbons (Fsp3) is 0.652. The first-order valence-corrected chi connectivity index (χ1v) is 10.4. The Bertz CT molecular complexity index is 619. The zero-order valence-electron chi connectivity index (χ0n) is 17.4. The van der Waals surface area contributed by atoms with Crippen molar-refractivity contribution in [3.05, 3.63) is 34.4 Å². The summed E-state index contributed by atoms with van der Waals surface area (Å²) in [6, 6.07) is 2.95. The van der Waals surface area contributed by atoms with Crippen molar-refractivity contribution < 1.29 is 19.8 Å². The Labute approximate surface area is 164 Å². The van der Waals surface area contributed by atoms with Gasteiger partial charge in [-0.3, -0.25) is 0 Å². The second kappa shape index (κ2) is 11.8. The largest absolute Gasteiger partial charge is 0.478 e. The van der Waals surface area contributed by atoms with Crippen molar-refractivity contribution in [2.45, 2.75) is 85.5 Å². The molecule has 152 valence electrons. The van der Waals surface area contributed by atoms with E-state index in [9.17, 15) is 19.8 Å². The molecule has 0 spiro atoms. The van der Waals surface area contributed by atoms with Crippen LogP contribution in [0.2, 0.25) is 0 Å². The van der Waals surface area contributed by atoms with E-state index in [-0.39, 0.29) is 11.1 Å². The Morgan fingerprint density at radius 3 is 1.96 bits per heavy atom. The van der Waals surface area contributed by atoms with Gasteiger partial charge < -0.3 is 10.2 Å². The van der Waals surface area contributed by atoms with Crippen LogP contribution in [0.4, 0.5) is 0 Å². The van der Waals surface area contributed by atoms with Gasteiger partial charge in [-0.2, -0.15) is 0 Å². The number of hydrogen-bond donors (Lipinski definition) is 2. The Hall–Kier alpha value is -1.84. The molecule has 1 unspecified atom stereocenters. The normalized spacial score (nSPS) is 12.3. The van der Waals surface area contributed by atoms with Gasteiger partial charge in [0.05, 0.1) is 11.1 Å². The van der Waals surface area contributed by atoms with Crippen LogP contribution in [0.25, 0.3) is 0 Å². The number of hydrogen-bond acceptors (Lipinski definition) is 2. The smallest absolute Gasteiger partial charge is 0.335 e. The summed E-state index contributed by atoms with van der Waals surface area (Å²) >= 11 is 0. The highest BCUT2D eigenvalue weighted by molar-refractivity contribution is 5.95. The SMILES string of the molecule is CCCCC(CC)Cc1c(C(=O)O)ccc(C(=O)O)c1CCCCC(C)C. The first-order valence-electron chi connectivity index (χ1n) is 10.4. The van der Waals surface area contributed by atoms with Gasteiger partial charge in [0, 0.05) is 0 Å². The van der Waals surface area contributed by atoms with E-state index in [2.05, 4.69) is 27.7 Å². The molecule has 1 rings (SSSR count). The number of unbranched alkanes of at least 4 members (excludes halogenated alkanes) is 2. The first kappa shape index (κ1) is 23.2. The molecule has 0 bridgehead atoms. The minimum atomic E-state index is -0.964. The molecule has 27 heavy (non-hydrogen) atoms. The van der Waals surface area contributed by atoms with Gasteiger partial charge in [-0.25, -0.2) is 9.59 Å². The third kappa shape index (κ3) is 7.36. The summed E-state index contributed by atoms with van der Waals surface area (Å²) in [6.45, 7) is 8.64. The van der Waals surface area contributed by atoms with Crippen molar-refractivity contribution in [2.75, 3.05) is 0 Å². The molecular weight excluding hydrogens is 340 g/mol. The summed E-state index contributed by atoms with van der Waals surface area (Å²) in [5, 5.41) is 19.3. The summed E-state index contributed by atoms with van der Waals surface area (Å²) in [7, 11) is 0. The number of benzene rings is 1. The van der Waals surface area contributed by atoms with E-state index in [1.807, 2.05) is 0 Å². The molecule has 0 heterocycles. The van der Waals surface area contributed by atoms with E-state index in [4.69, 9.17) is 0 Å². The highest BCUT2D eigenvalue weighted by Crippen LogP contribution is 2.28. The van der Waals surface area contributed by atoms with E-state index in [1.165, 1.54) is 12.1 Å². The maximum absolute atomic E-state index is 11.8. The average Bonchev–Trinajstić information content (AvgIpc) is 2.61. The molecule has 1 atom stereocenters. The van der Waals surface area contributed by atoms with Crippen LogP contribution in [0, 0.1) is 11.8 Å². The third-order valence-corrected chi connectivity index (χ3v) is 5.39. The molecule has 0 aliphatic heterocycles. The van der Waals surface area contributed by atoms with Gasteiger partial charge in [0.1, 0.15) is 0 Å². The number of aromatic carboxylic acids is 2. The summed E-state index contributed by atoms with van der Waals surface area (Å²) in [4.78, 5) is 23.6. The molecule has 0 aliphatic rings. The van der Waals surface area contributed by atoms with Gasteiger partial charge in [0.25, 0.3) is 0 Å². The lowest BCUT2D eigenvalue weighted by atomic mass is 9.84. The first-order chi connectivity index (χ1) is 12.8. The monoisotopic (exact) mass is 376 g/mol. The van der Waals surface area contributed by atoms with Crippen molar-refractivity contribution >= 4 is 11.9 Å². The van der Waals surface area contributed by atoms with Gasteiger partial charge in [0.15, 0.2) is 0 Å². The Balaban J connectivity index is 3.24. The maximum atomic E-state index is 11.8. The number of carbonyl (C=O) groups is 2. The topological polar surface area (TPSA) is 74.6 Å². The molecule has 0 radical (unpaired) electrons. The van der Waals surface area contributed by atoms with E-state index >= 15 is 0 Å². The molecule has 0 fully saturated rings. The number of carboxylic acids is 2. The zero-order chi connectivity index (χ0) is 20.4. The van der Waals surface area contributed by atoms with Crippen LogP contribution in [0.15, 0.2) is 12.1 Å². The predicted molar refractivity (Wildman–Crippen MR) is 110 cm³/mol. The van der Waals surface area contributed by atoms with Gasteiger partial charge >= 0.3 is 11.9 Å². The van der Waals surface area contributed by atoms with Gasteiger partial charge in [-0.05, 0) is 54.4 Å². The minimum Gasteiger partial charge on any atom is -0.478 e. The molecule has 0 saturated carbocycles. The van der Waals surface area contributed by atoms with Crippen LogP contribution >= 0.6 is 0 Å². The van der Waals surface area contributed by atoms with Crippen molar-refractivity contribution in [3.8, 4) is 0 Å². The third-order valence-electron chi connectivity index (χ3n) is 5.39. The fourth-order valence-electron chi connectivity index (χ4n) is 3.70. The van der Waals surface area contributed by atoms with Crippen molar-refractivity contribution in [1.29, 1.82) is 0 Å². The second-order valence-corrected chi connectivity index (χ2v) is 7.99.